The van der Waals surface area contributed by atoms with Gasteiger partial charge < -0.3 is 14.4 Å². The number of fused-ring (bicyclic) bond motifs is 2. The lowest BCUT2D eigenvalue weighted by molar-refractivity contribution is -0.135. The molecule has 2 amide bonds. The van der Waals surface area contributed by atoms with Gasteiger partial charge in [0.15, 0.2) is 0 Å². The molecule has 2 atom stereocenters. The summed E-state index contributed by atoms with van der Waals surface area (Å²) in [5.41, 5.74) is 5.00. The Morgan fingerprint density at radius 3 is 2.40 bits per heavy atom. The molecule has 0 N–H and O–H groups in total. The fourth-order valence-electron chi connectivity index (χ4n) is 4.84. The summed E-state index contributed by atoms with van der Waals surface area (Å²) in [4.78, 5) is 30.4. The third-order valence-electron chi connectivity index (χ3n) is 6.57. The SMILES string of the molecule is CCN(CC)C(=O)C(C)N1C(=O)c2ccccc2C1c1c(C)n(C)c2ccccc12. The highest BCUT2D eigenvalue weighted by molar-refractivity contribution is 6.03. The molecule has 1 aliphatic rings. The Kier molecular flexibility index (Phi) is 5.14. The summed E-state index contributed by atoms with van der Waals surface area (Å²) in [6, 6.07) is 15.2. The second-order valence-corrected chi connectivity index (χ2v) is 7.96. The van der Waals surface area contributed by atoms with Gasteiger partial charge in [-0.15, -0.1) is 0 Å². The molecule has 156 valence electrons. The molecule has 1 aliphatic heterocycles. The van der Waals surface area contributed by atoms with Crippen molar-refractivity contribution in [2.75, 3.05) is 13.1 Å². The highest BCUT2D eigenvalue weighted by Gasteiger charge is 2.44. The molecule has 4 rings (SSSR count). The lowest BCUT2D eigenvalue weighted by Crippen LogP contribution is -2.48. The van der Waals surface area contributed by atoms with Gasteiger partial charge in [0, 0.05) is 47.9 Å². The zero-order valence-corrected chi connectivity index (χ0v) is 18.3. The highest BCUT2D eigenvalue weighted by Crippen LogP contribution is 2.44. The molecule has 3 aromatic rings. The van der Waals surface area contributed by atoms with Crippen molar-refractivity contribution < 1.29 is 9.59 Å². The van der Waals surface area contributed by atoms with Crippen molar-refractivity contribution in [3.8, 4) is 0 Å². The van der Waals surface area contributed by atoms with Crippen molar-refractivity contribution >= 4 is 22.7 Å². The molecule has 30 heavy (non-hydrogen) atoms. The minimum atomic E-state index is -0.548. The minimum Gasteiger partial charge on any atom is -0.348 e. The first-order chi connectivity index (χ1) is 14.4. The van der Waals surface area contributed by atoms with Crippen LogP contribution in [0.1, 0.15) is 54.0 Å². The van der Waals surface area contributed by atoms with Gasteiger partial charge in [0.2, 0.25) is 5.91 Å². The van der Waals surface area contributed by atoms with Gasteiger partial charge in [-0.25, -0.2) is 0 Å². The number of aryl methyl sites for hydroxylation is 1. The number of rotatable bonds is 5. The quantitative estimate of drug-likeness (QED) is 0.638. The fraction of sp³-hybridized carbons (Fsp3) is 0.360. The summed E-state index contributed by atoms with van der Waals surface area (Å²) in [5.74, 6) is -0.0833. The normalized spacial score (nSPS) is 16.8. The van der Waals surface area contributed by atoms with E-state index in [4.69, 9.17) is 0 Å². The first-order valence-corrected chi connectivity index (χ1v) is 10.7. The van der Waals surface area contributed by atoms with Gasteiger partial charge in [0.05, 0.1) is 6.04 Å². The Hall–Kier alpha value is -3.08. The highest BCUT2D eigenvalue weighted by atomic mass is 16.2. The summed E-state index contributed by atoms with van der Waals surface area (Å²) >= 11 is 0. The van der Waals surface area contributed by atoms with Crippen molar-refractivity contribution in [1.29, 1.82) is 0 Å². The van der Waals surface area contributed by atoms with Crippen molar-refractivity contribution in [2.45, 2.75) is 39.8 Å². The Labute approximate surface area is 177 Å². The standard InChI is InChI=1S/C25H29N3O2/c1-6-27(7-2)24(29)17(4)28-23(18-12-8-9-13-19(18)25(28)30)22-16(3)26(5)21-15-11-10-14-20(21)22/h8-15,17,23H,6-7H2,1-5H3. The van der Waals surface area contributed by atoms with Gasteiger partial charge in [0.1, 0.15) is 6.04 Å². The monoisotopic (exact) mass is 403 g/mol. The van der Waals surface area contributed by atoms with E-state index in [-0.39, 0.29) is 17.9 Å². The summed E-state index contributed by atoms with van der Waals surface area (Å²) < 4.78 is 2.17. The molecular formula is C25H29N3O2. The van der Waals surface area contributed by atoms with E-state index in [0.717, 1.165) is 27.7 Å². The van der Waals surface area contributed by atoms with E-state index in [9.17, 15) is 9.59 Å². The molecule has 0 saturated heterocycles. The lowest BCUT2D eigenvalue weighted by Gasteiger charge is -2.34. The summed E-state index contributed by atoms with van der Waals surface area (Å²) in [6.07, 6.45) is 0. The molecule has 5 heteroatoms. The average molecular weight is 404 g/mol. The Balaban J connectivity index is 1.93. The number of hydrogen-bond donors (Lipinski definition) is 0. The second kappa shape index (κ2) is 7.63. The van der Waals surface area contributed by atoms with Crippen LogP contribution in [0.5, 0.6) is 0 Å². The molecule has 0 bridgehead atoms. The molecule has 2 aromatic carbocycles. The van der Waals surface area contributed by atoms with Crippen LogP contribution in [0.4, 0.5) is 0 Å². The second-order valence-electron chi connectivity index (χ2n) is 7.96. The van der Waals surface area contributed by atoms with Crippen molar-refractivity contribution in [3.05, 3.63) is 70.9 Å². The van der Waals surface area contributed by atoms with Crippen LogP contribution in [-0.2, 0) is 11.8 Å². The van der Waals surface area contributed by atoms with Crippen LogP contribution in [0.2, 0.25) is 0 Å². The van der Waals surface area contributed by atoms with Gasteiger partial charge >= 0.3 is 0 Å². The van der Waals surface area contributed by atoms with Crippen LogP contribution in [0.15, 0.2) is 48.5 Å². The van der Waals surface area contributed by atoms with E-state index >= 15 is 0 Å². The minimum absolute atomic E-state index is 0.0101. The Bertz CT molecular complexity index is 1130. The summed E-state index contributed by atoms with van der Waals surface area (Å²) in [7, 11) is 2.05. The van der Waals surface area contributed by atoms with Crippen LogP contribution >= 0.6 is 0 Å². The van der Waals surface area contributed by atoms with Gasteiger partial charge in [-0.3, -0.25) is 9.59 Å². The molecule has 2 unspecified atom stereocenters. The first kappa shape index (κ1) is 20.2. The average Bonchev–Trinajstić information content (AvgIpc) is 3.19. The molecule has 0 spiro atoms. The number of para-hydroxylation sites is 1. The maximum absolute atomic E-state index is 13.5. The number of aromatic nitrogens is 1. The summed E-state index contributed by atoms with van der Waals surface area (Å²) in [6.45, 7) is 9.16. The zero-order valence-electron chi connectivity index (χ0n) is 18.3. The molecular weight excluding hydrogens is 374 g/mol. The largest absolute Gasteiger partial charge is 0.348 e. The number of nitrogens with zero attached hydrogens (tertiary/aromatic N) is 3. The molecule has 0 radical (unpaired) electrons. The van der Waals surface area contributed by atoms with Crippen molar-refractivity contribution in [2.24, 2.45) is 7.05 Å². The molecule has 1 aromatic heterocycles. The molecule has 0 saturated carbocycles. The van der Waals surface area contributed by atoms with E-state index in [0.29, 0.717) is 18.7 Å². The van der Waals surface area contributed by atoms with E-state index in [1.807, 2.05) is 57.2 Å². The molecule has 0 aliphatic carbocycles. The topological polar surface area (TPSA) is 45.6 Å². The van der Waals surface area contributed by atoms with Gasteiger partial charge in [-0.05, 0) is 45.4 Å². The molecule has 0 fully saturated rings. The summed E-state index contributed by atoms with van der Waals surface area (Å²) in [5, 5.41) is 1.12. The van der Waals surface area contributed by atoms with E-state index in [2.05, 4.69) is 30.7 Å². The van der Waals surface area contributed by atoms with Crippen LogP contribution in [0.3, 0.4) is 0 Å². The van der Waals surface area contributed by atoms with E-state index < -0.39 is 6.04 Å². The van der Waals surface area contributed by atoms with Crippen molar-refractivity contribution in [3.63, 3.8) is 0 Å². The number of likely N-dealkylation sites (N-methyl/N-ethyl adjacent to an activating group) is 1. The van der Waals surface area contributed by atoms with Crippen molar-refractivity contribution in [1.82, 2.24) is 14.4 Å². The predicted octanol–water partition coefficient (Wildman–Crippen LogP) is 4.29. The maximum atomic E-state index is 13.5. The van der Waals surface area contributed by atoms with Crippen LogP contribution in [0, 0.1) is 6.92 Å². The molecule has 5 nitrogen and oxygen atoms in total. The van der Waals surface area contributed by atoms with Gasteiger partial charge in [0.25, 0.3) is 5.91 Å². The third kappa shape index (κ3) is 2.83. The smallest absolute Gasteiger partial charge is 0.255 e. The lowest BCUT2D eigenvalue weighted by atomic mass is 9.95. The van der Waals surface area contributed by atoms with Crippen LogP contribution in [0.25, 0.3) is 10.9 Å². The number of hydrogen-bond acceptors (Lipinski definition) is 2. The van der Waals surface area contributed by atoms with Crippen LogP contribution < -0.4 is 0 Å². The zero-order chi connectivity index (χ0) is 21.6. The number of amides is 2. The third-order valence-corrected chi connectivity index (χ3v) is 6.57. The van der Waals surface area contributed by atoms with E-state index in [1.54, 1.807) is 9.80 Å². The Morgan fingerprint density at radius 2 is 1.70 bits per heavy atom. The van der Waals surface area contributed by atoms with Gasteiger partial charge in [-0.2, -0.15) is 0 Å². The van der Waals surface area contributed by atoms with Gasteiger partial charge in [-0.1, -0.05) is 36.4 Å². The first-order valence-electron chi connectivity index (χ1n) is 10.7. The maximum Gasteiger partial charge on any atom is 0.255 e. The van der Waals surface area contributed by atoms with Crippen LogP contribution in [-0.4, -0.2) is 45.3 Å². The Morgan fingerprint density at radius 1 is 1.07 bits per heavy atom. The number of carbonyl (C=O) groups excluding carboxylic acids is 2. The number of carbonyl (C=O) groups is 2. The fourth-order valence-corrected chi connectivity index (χ4v) is 4.84. The molecule has 2 heterocycles. The van der Waals surface area contributed by atoms with E-state index in [1.165, 1.54) is 0 Å². The number of benzene rings is 2. The predicted molar refractivity (Wildman–Crippen MR) is 120 cm³/mol.